The van der Waals surface area contributed by atoms with Crippen LogP contribution in [0.4, 0.5) is 23.4 Å². The summed E-state index contributed by atoms with van der Waals surface area (Å²) in [5.74, 6) is -0.547. The zero-order valence-electron chi connectivity index (χ0n) is 20.9. The molecule has 208 valence electrons. The van der Waals surface area contributed by atoms with Crippen LogP contribution in [0, 0.1) is 5.95 Å². The topological polar surface area (TPSA) is 95.2 Å². The summed E-state index contributed by atoms with van der Waals surface area (Å²) >= 11 is 1.79. The van der Waals surface area contributed by atoms with E-state index in [-0.39, 0.29) is 40.2 Å². The standard InChI is InChI=1S/C26H28F4N6O2S/c27-23-7-14-1-4-21(18(14)9-31-23)39-22-12-36(16-5-6-38-13-16)11-20(22)33-24(37)10-32-25-17-8-15(26(28,29)30)2-3-19(17)34-35-25/h2-3,7-9,16,20-22H,1,4-6,10-13H2,(H,33,37)(H2,32,34,35)/t16?,20?,21?,22-/m0/s1. The molecule has 4 atom stereocenters. The highest BCUT2D eigenvalue weighted by molar-refractivity contribution is 8.00. The normalized spacial score (nSPS) is 25.3. The number of nitrogens with one attached hydrogen (secondary N) is 3. The van der Waals surface area contributed by atoms with Crippen LogP contribution >= 0.6 is 11.8 Å². The summed E-state index contributed by atoms with van der Waals surface area (Å²) in [7, 11) is 0. The smallest absolute Gasteiger partial charge is 0.380 e. The molecule has 13 heteroatoms. The van der Waals surface area contributed by atoms with E-state index in [1.807, 2.05) is 0 Å². The molecule has 6 rings (SSSR count). The third-order valence-electron chi connectivity index (χ3n) is 7.72. The van der Waals surface area contributed by atoms with Crippen molar-refractivity contribution in [2.24, 2.45) is 0 Å². The Morgan fingerprint density at radius 1 is 1.23 bits per heavy atom. The Bertz CT molecular complexity index is 1360. The highest BCUT2D eigenvalue weighted by atomic mass is 32.2. The fourth-order valence-electron chi connectivity index (χ4n) is 5.71. The van der Waals surface area contributed by atoms with Crippen molar-refractivity contribution >= 4 is 34.4 Å². The fraction of sp³-hybridized carbons (Fsp3) is 0.500. The number of benzene rings is 1. The SMILES string of the molecule is O=C(CNc1n[nH]c2ccc(C(F)(F)F)cc12)NC1CN(C2CCOC2)C[C@@H]1SC1CCc2cc(F)ncc21. The van der Waals surface area contributed by atoms with Crippen LogP contribution in [-0.2, 0) is 22.1 Å². The van der Waals surface area contributed by atoms with Crippen LogP contribution in [0.25, 0.3) is 10.9 Å². The second-order valence-electron chi connectivity index (χ2n) is 10.2. The minimum atomic E-state index is -4.48. The molecule has 0 bridgehead atoms. The van der Waals surface area contributed by atoms with E-state index in [4.69, 9.17) is 4.74 Å². The number of aromatic amines is 1. The lowest BCUT2D eigenvalue weighted by atomic mass is 10.1. The number of anilines is 1. The minimum Gasteiger partial charge on any atom is -0.380 e. The number of hydrogen-bond donors (Lipinski definition) is 3. The molecule has 2 aromatic heterocycles. The molecule has 1 aliphatic carbocycles. The van der Waals surface area contributed by atoms with Crippen molar-refractivity contribution in [2.75, 3.05) is 38.2 Å². The highest BCUT2D eigenvalue weighted by Crippen LogP contribution is 2.45. The molecule has 1 amide bonds. The monoisotopic (exact) mass is 564 g/mol. The molecule has 2 aliphatic heterocycles. The van der Waals surface area contributed by atoms with Crippen LogP contribution in [-0.4, -0.2) is 76.2 Å². The van der Waals surface area contributed by atoms with Crippen molar-refractivity contribution in [3.63, 3.8) is 0 Å². The molecular formula is C26H28F4N6O2S. The number of aromatic nitrogens is 3. The molecule has 2 saturated heterocycles. The molecule has 0 saturated carbocycles. The predicted octanol–water partition coefficient (Wildman–Crippen LogP) is 3.91. The van der Waals surface area contributed by atoms with Gasteiger partial charge in [0.05, 0.1) is 30.3 Å². The molecule has 0 radical (unpaired) electrons. The van der Waals surface area contributed by atoms with Crippen LogP contribution in [0.1, 0.15) is 34.8 Å². The molecule has 2 fully saturated rings. The number of H-pyrrole nitrogens is 1. The maximum atomic E-state index is 13.6. The van der Waals surface area contributed by atoms with Gasteiger partial charge in [0.2, 0.25) is 11.9 Å². The van der Waals surface area contributed by atoms with E-state index in [1.165, 1.54) is 12.1 Å². The van der Waals surface area contributed by atoms with Gasteiger partial charge in [-0.15, -0.1) is 11.8 Å². The third-order valence-corrected chi connectivity index (χ3v) is 9.37. The molecule has 8 nitrogen and oxygen atoms in total. The van der Waals surface area contributed by atoms with E-state index in [0.29, 0.717) is 24.7 Å². The van der Waals surface area contributed by atoms with Crippen molar-refractivity contribution in [1.29, 1.82) is 0 Å². The summed E-state index contributed by atoms with van der Waals surface area (Å²) in [5, 5.41) is 13.3. The number of alkyl halides is 3. The first-order chi connectivity index (χ1) is 18.7. The van der Waals surface area contributed by atoms with Gasteiger partial charge in [0.1, 0.15) is 0 Å². The summed E-state index contributed by atoms with van der Waals surface area (Å²) in [5.41, 5.74) is 1.71. The number of carbonyl (C=O) groups excluding carboxylic acids is 1. The van der Waals surface area contributed by atoms with Gasteiger partial charge in [0.25, 0.3) is 0 Å². The van der Waals surface area contributed by atoms with Crippen LogP contribution in [0.15, 0.2) is 30.5 Å². The van der Waals surface area contributed by atoms with E-state index in [2.05, 4.69) is 30.7 Å². The summed E-state index contributed by atoms with van der Waals surface area (Å²) in [4.78, 5) is 19.2. The molecule has 0 spiro atoms. The zero-order valence-corrected chi connectivity index (χ0v) is 21.7. The number of pyridine rings is 1. The minimum absolute atomic E-state index is 0.108. The second-order valence-corrected chi connectivity index (χ2v) is 11.7. The number of hydrogen-bond acceptors (Lipinski definition) is 7. The number of aryl methyl sites for hydroxylation is 1. The van der Waals surface area contributed by atoms with Crippen LogP contribution in [0.3, 0.4) is 0 Å². The number of fused-ring (bicyclic) bond motifs is 2. The van der Waals surface area contributed by atoms with E-state index < -0.39 is 17.7 Å². The lowest BCUT2D eigenvalue weighted by molar-refractivity contribution is -0.137. The van der Waals surface area contributed by atoms with Gasteiger partial charge in [0, 0.05) is 47.8 Å². The Balaban J connectivity index is 1.13. The Hall–Kier alpha value is -2.90. The van der Waals surface area contributed by atoms with E-state index in [0.717, 1.165) is 55.7 Å². The summed E-state index contributed by atoms with van der Waals surface area (Å²) in [6, 6.07) is 5.01. The number of ether oxygens (including phenoxy) is 1. The molecule has 39 heavy (non-hydrogen) atoms. The van der Waals surface area contributed by atoms with Gasteiger partial charge in [-0.1, -0.05) is 0 Å². The van der Waals surface area contributed by atoms with Gasteiger partial charge in [-0.3, -0.25) is 14.8 Å². The molecule has 3 aromatic rings. The maximum Gasteiger partial charge on any atom is 0.416 e. The average molecular weight is 565 g/mol. The van der Waals surface area contributed by atoms with Crippen LogP contribution in [0.2, 0.25) is 0 Å². The first-order valence-electron chi connectivity index (χ1n) is 12.9. The number of halogens is 4. The van der Waals surface area contributed by atoms with Crippen LogP contribution < -0.4 is 10.6 Å². The first-order valence-corrected chi connectivity index (χ1v) is 13.9. The fourth-order valence-corrected chi connectivity index (χ4v) is 7.37. The van der Waals surface area contributed by atoms with Gasteiger partial charge >= 0.3 is 6.18 Å². The summed E-state index contributed by atoms with van der Waals surface area (Å²) < 4.78 is 58.7. The van der Waals surface area contributed by atoms with Crippen molar-refractivity contribution in [3.8, 4) is 0 Å². The van der Waals surface area contributed by atoms with Crippen LogP contribution in [0.5, 0.6) is 0 Å². The predicted molar refractivity (Wildman–Crippen MR) is 139 cm³/mol. The van der Waals surface area contributed by atoms with Crippen molar-refractivity contribution in [1.82, 2.24) is 25.4 Å². The second kappa shape index (κ2) is 10.6. The average Bonchev–Trinajstić information content (AvgIpc) is 3.69. The number of amides is 1. The number of thioether (sulfide) groups is 1. The summed E-state index contributed by atoms with van der Waals surface area (Å²) in [6.07, 6.45) is -0.212. The molecule has 3 N–H and O–H groups in total. The van der Waals surface area contributed by atoms with Crippen molar-refractivity contribution in [2.45, 2.75) is 48.0 Å². The number of rotatable bonds is 7. The van der Waals surface area contributed by atoms with Gasteiger partial charge in [0.15, 0.2) is 5.82 Å². The molecule has 4 heterocycles. The lowest BCUT2D eigenvalue weighted by Gasteiger charge is -2.23. The molecule has 3 unspecified atom stereocenters. The third kappa shape index (κ3) is 5.57. The largest absolute Gasteiger partial charge is 0.416 e. The lowest BCUT2D eigenvalue weighted by Crippen LogP contribution is -2.44. The highest BCUT2D eigenvalue weighted by Gasteiger charge is 2.40. The Kier molecular flexibility index (Phi) is 7.15. The van der Waals surface area contributed by atoms with Gasteiger partial charge in [-0.25, -0.2) is 4.98 Å². The Morgan fingerprint density at radius 3 is 2.90 bits per heavy atom. The van der Waals surface area contributed by atoms with Crippen molar-refractivity contribution in [3.05, 3.63) is 53.1 Å². The Labute approximate surface area is 226 Å². The van der Waals surface area contributed by atoms with Crippen molar-refractivity contribution < 1.29 is 27.1 Å². The number of nitrogens with zero attached hydrogens (tertiary/aromatic N) is 3. The molecule has 3 aliphatic rings. The zero-order chi connectivity index (χ0) is 27.1. The number of likely N-dealkylation sites (tertiary alicyclic amines) is 1. The summed E-state index contributed by atoms with van der Waals surface area (Å²) in [6.45, 7) is 2.73. The van der Waals surface area contributed by atoms with E-state index in [1.54, 1.807) is 18.0 Å². The van der Waals surface area contributed by atoms with Gasteiger partial charge in [-0.2, -0.15) is 22.7 Å². The van der Waals surface area contributed by atoms with Gasteiger partial charge < -0.3 is 15.4 Å². The van der Waals surface area contributed by atoms with E-state index >= 15 is 0 Å². The molecular weight excluding hydrogens is 536 g/mol. The Morgan fingerprint density at radius 2 is 2.10 bits per heavy atom. The van der Waals surface area contributed by atoms with E-state index in [9.17, 15) is 22.4 Å². The molecule has 1 aromatic carbocycles. The first kappa shape index (κ1) is 26.3. The maximum absolute atomic E-state index is 13.6. The van der Waals surface area contributed by atoms with Gasteiger partial charge in [-0.05, 0) is 54.7 Å². The quantitative estimate of drug-likeness (QED) is 0.296. The number of carbonyl (C=O) groups is 1.